The average molecular weight is 453 g/mol. The molecule has 0 saturated heterocycles. The van der Waals surface area contributed by atoms with Crippen LogP contribution in [0.2, 0.25) is 0 Å². The summed E-state index contributed by atoms with van der Waals surface area (Å²) in [4.78, 5) is 0. The Morgan fingerprint density at radius 1 is 0.781 bits per heavy atom. The number of hydrogen-bond acceptors (Lipinski definition) is 5. The highest BCUT2D eigenvalue weighted by molar-refractivity contribution is 6.18. The van der Waals surface area contributed by atoms with Gasteiger partial charge < -0.3 is 24.8 Å². The molecule has 2 atom stereocenters. The van der Waals surface area contributed by atoms with Crippen molar-refractivity contribution in [3.8, 4) is 34.5 Å². The second kappa shape index (κ2) is 12.1. The minimum atomic E-state index is -0.904. The third-order valence-electron chi connectivity index (χ3n) is 4.53. The second-order valence-electron chi connectivity index (χ2n) is 7.12. The first kappa shape index (κ1) is 23.6. The SMILES string of the molecule is OC[C@@H](O)COc1ccc(C#Cc2ccc(OC[C@H](O)CCl)c(-c3ccccc3)c2)cc1. The standard InChI is InChI=1S/C26H25ClO5/c27-15-22(29)17-32-26-13-10-20(14-25(26)21-4-2-1-3-5-21)7-6-19-8-11-24(12-9-19)31-18-23(30)16-28/h1-5,8-14,22-23,28-30H,15-18H2/t22-,23-/m1/s1. The van der Waals surface area contributed by atoms with Gasteiger partial charge in [-0.25, -0.2) is 0 Å². The van der Waals surface area contributed by atoms with E-state index >= 15 is 0 Å². The summed E-state index contributed by atoms with van der Waals surface area (Å²) < 4.78 is 11.2. The van der Waals surface area contributed by atoms with Crippen molar-refractivity contribution in [2.45, 2.75) is 12.2 Å². The predicted molar refractivity (Wildman–Crippen MR) is 125 cm³/mol. The Labute approximate surface area is 192 Å². The summed E-state index contributed by atoms with van der Waals surface area (Å²) in [6.07, 6.45) is -1.64. The summed E-state index contributed by atoms with van der Waals surface area (Å²) in [7, 11) is 0. The number of rotatable bonds is 9. The van der Waals surface area contributed by atoms with Gasteiger partial charge in [-0.05, 0) is 48.0 Å². The highest BCUT2D eigenvalue weighted by Gasteiger charge is 2.10. The molecule has 6 heteroatoms. The molecule has 3 aromatic rings. The molecule has 0 saturated carbocycles. The Balaban J connectivity index is 1.78. The smallest absolute Gasteiger partial charge is 0.127 e. The lowest BCUT2D eigenvalue weighted by Crippen LogP contribution is -2.21. The second-order valence-corrected chi connectivity index (χ2v) is 7.43. The maximum Gasteiger partial charge on any atom is 0.127 e. The number of aliphatic hydroxyl groups is 3. The van der Waals surface area contributed by atoms with E-state index in [9.17, 15) is 10.2 Å². The van der Waals surface area contributed by atoms with Crippen LogP contribution >= 0.6 is 11.6 Å². The lowest BCUT2D eigenvalue weighted by Gasteiger charge is -2.14. The molecule has 0 aliphatic rings. The Bertz CT molecular complexity index is 1040. The first-order valence-corrected chi connectivity index (χ1v) is 10.7. The number of ether oxygens (including phenoxy) is 2. The minimum absolute atomic E-state index is 0.0279. The van der Waals surface area contributed by atoms with Crippen LogP contribution in [-0.2, 0) is 0 Å². The van der Waals surface area contributed by atoms with Crippen molar-refractivity contribution in [1.29, 1.82) is 0 Å². The maximum absolute atomic E-state index is 9.73. The topological polar surface area (TPSA) is 79.2 Å². The normalized spacial score (nSPS) is 12.4. The van der Waals surface area contributed by atoms with Crippen molar-refractivity contribution in [3.05, 3.63) is 83.9 Å². The zero-order valence-corrected chi connectivity index (χ0v) is 18.2. The monoisotopic (exact) mass is 452 g/mol. The van der Waals surface area contributed by atoms with Gasteiger partial charge in [0, 0.05) is 16.7 Å². The quantitative estimate of drug-likeness (QED) is 0.342. The molecule has 0 aliphatic carbocycles. The van der Waals surface area contributed by atoms with Gasteiger partial charge >= 0.3 is 0 Å². The van der Waals surface area contributed by atoms with Gasteiger partial charge in [0.1, 0.15) is 36.9 Å². The van der Waals surface area contributed by atoms with Gasteiger partial charge in [-0.3, -0.25) is 0 Å². The van der Waals surface area contributed by atoms with E-state index in [0.717, 1.165) is 22.3 Å². The molecule has 3 N–H and O–H groups in total. The van der Waals surface area contributed by atoms with E-state index in [1.165, 1.54) is 0 Å². The highest BCUT2D eigenvalue weighted by atomic mass is 35.5. The maximum atomic E-state index is 9.73. The van der Waals surface area contributed by atoms with Crippen molar-refractivity contribution >= 4 is 11.6 Å². The Kier molecular flexibility index (Phi) is 8.97. The Morgan fingerprint density at radius 3 is 2.12 bits per heavy atom. The fourth-order valence-corrected chi connectivity index (χ4v) is 2.92. The number of hydrogen-bond donors (Lipinski definition) is 3. The number of alkyl halides is 1. The molecule has 3 aromatic carbocycles. The molecule has 0 aromatic heterocycles. The molecule has 0 unspecified atom stereocenters. The van der Waals surface area contributed by atoms with Gasteiger partial charge in [0.15, 0.2) is 0 Å². The van der Waals surface area contributed by atoms with Crippen LogP contribution in [0.25, 0.3) is 11.1 Å². The largest absolute Gasteiger partial charge is 0.491 e. The van der Waals surface area contributed by atoms with E-state index in [1.54, 1.807) is 12.1 Å². The fraction of sp³-hybridized carbons (Fsp3) is 0.231. The lowest BCUT2D eigenvalue weighted by molar-refractivity contribution is 0.0536. The first-order valence-electron chi connectivity index (χ1n) is 10.2. The van der Waals surface area contributed by atoms with Crippen LogP contribution in [0.15, 0.2) is 72.8 Å². The summed E-state index contributed by atoms with van der Waals surface area (Å²) in [5.74, 6) is 7.64. The molecule has 0 amide bonds. The predicted octanol–water partition coefficient (Wildman–Crippen LogP) is 3.46. The molecule has 0 spiro atoms. The molecule has 0 fully saturated rings. The zero-order valence-electron chi connectivity index (χ0n) is 17.4. The van der Waals surface area contributed by atoms with Crippen molar-refractivity contribution in [3.63, 3.8) is 0 Å². The van der Waals surface area contributed by atoms with Gasteiger partial charge in [-0.15, -0.1) is 11.6 Å². The van der Waals surface area contributed by atoms with Crippen LogP contribution in [-0.4, -0.2) is 53.2 Å². The van der Waals surface area contributed by atoms with Crippen molar-refractivity contribution in [1.82, 2.24) is 0 Å². The first-order chi connectivity index (χ1) is 15.6. The minimum Gasteiger partial charge on any atom is -0.491 e. The van der Waals surface area contributed by atoms with Gasteiger partial charge in [-0.1, -0.05) is 42.2 Å². The average Bonchev–Trinajstić information content (AvgIpc) is 2.85. The van der Waals surface area contributed by atoms with E-state index in [1.807, 2.05) is 60.7 Å². The van der Waals surface area contributed by atoms with E-state index in [4.69, 9.17) is 26.2 Å². The summed E-state index contributed by atoms with van der Waals surface area (Å²) in [5.41, 5.74) is 3.50. The molecule has 0 radical (unpaired) electrons. The summed E-state index contributed by atoms with van der Waals surface area (Å²) >= 11 is 5.67. The van der Waals surface area contributed by atoms with Crippen LogP contribution < -0.4 is 9.47 Å². The molecule has 3 rings (SSSR count). The van der Waals surface area contributed by atoms with Gasteiger partial charge in [0.05, 0.1) is 12.5 Å². The molecule has 0 heterocycles. The van der Waals surface area contributed by atoms with E-state index in [0.29, 0.717) is 11.5 Å². The third-order valence-corrected chi connectivity index (χ3v) is 4.89. The molecule has 32 heavy (non-hydrogen) atoms. The third kappa shape index (κ3) is 7.01. The van der Waals surface area contributed by atoms with Crippen molar-refractivity contribution in [2.24, 2.45) is 0 Å². The van der Waals surface area contributed by atoms with Gasteiger partial charge in [0.2, 0.25) is 0 Å². The molecule has 166 valence electrons. The summed E-state index contributed by atoms with van der Waals surface area (Å²) in [6.45, 7) is -0.204. The Hall–Kier alpha value is -3.01. The summed E-state index contributed by atoms with van der Waals surface area (Å²) in [5, 5.41) is 27.9. The molecular weight excluding hydrogens is 428 g/mol. The molecule has 5 nitrogen and oxygen atoms in total. The Morgan fingerprint density at radius 2 is 1.44 bits per heavy atom. The lowest BCUT2D eigenvalue weighted by atomic mass is 10.0. The molecular formula is C26H25ClO5. The van der Waals surface area contributed by atoms with Crippen molar-refractivity contribution < 1.29 is 24.8 Å². The summed E-state index contributed by atoms with van der Waals surface area (Å²) in [6, 6.07) is 22.7. The van der Waals surface area contributed by atoms with E-state index in [2.05, 4.69) is 11.8 Å². The van der Waals surface area contributed by atoms with Gasteiger partial charge in [-0.2, -0.15) is 0 Å². The van der Waals surface area contributed by atoms with Gasteiger partial charge in [0.25, 0.3) is 0 Å². The van der Waals surface area contributed by atoms with Crippen LogP contribution in [0.3, 0.4) is 0 Å². The van der Waals surface area contributed by atoms with E-state index in [-0.39, 0.29) is 25.7 Å². The fourth-order valence-electron chi connectivity index (χ4n) is 2.83. The van der Waals surface area contributed by atoms with E-state index < -0.39 is 12.2 Å². The van der Waals surface area contributed by atoms with Crippen LogP contribution in [0.4, 0.5) is 0 Å². The van der Waals surface area contributed by atoms with Crippen LogP contribution in [0.1, 0.15) is 11.1 Å². The number of aliphatic hydroxyl groups excluding tert-OH is 3. The number of halogens is 1. The molecule has 0 aliphatic heterocycles. The van der Waals surface area contributed by atoms with Crippen LogP contribution in [0.5, 0.6) is 11.5 Å². The van der Waals surface area contributed by atoms with Crippen LogP contribution in [0, 0.1) is 11.8 Å². The number of benzene rings is 3. The highest BCUT2D eigenvalue weighted by Crippen LogP contribution is 2.31. The van der Waals surface area contributed by atoms with Crippen molar-refractivity contribution in [2.75, 3.05) is 25.7 Å². The zero-order chi connectivity index (χ0) is 22.8. The molecule has 0 bridgehead atoms.